The SMILES string of the molecule is c1ccc(-c2nc(-c3ccc4ccccc4c3)nc(-c3c4c(cc5c6ccccc6c6ccccc6c35)sc3cc5ccccc5cc34)n2)cc1. The van der Waals surface area contributed by atoms with Gasteiger partial charge < -0.3 is 0 Å². The molecule has 0 unspecified atom stereocenters. The Kier molecular flexibility index (Phi) is 6.12. The van der Waals surface area contributed by atoms with Crippen LogP contribution in [0, 0.1) is 0 Å². The van der Waals surface area contributed by atoms with Crippen molar-refractivity contribution in [3.8, 4) is 34.2 Å². The van der Waals surface area contributed by atoms with Crippen molar-refractivity contribution in [3.63, 3.8) is 0 Å². The van der Waals surface area contributed by atoms with Crippen molar-refractivity contribution in [2.45, 2.75) is 0 Å². The lowest BCUT2D eigenvalue weighted by Gasteiger charge is -2.16. The molecule has 0 bridgehead atoms. The lowest BCUT2D eigenvalue weighted by atomic mass is 9.89. The number of nitrogens with zero attached hydrogens (tertiary/aromatic N) is 3. The minimum absolute atomic E-state index is 0.656. The molecular formula is C47H27N3S. The zero-order chi connectivity index (χ0) is 33.5. The van der Waals surface area contributed by atoms with Crippen molar-refractivity contribution in [2.24, 2.45) is 0 Å². The summed E-state index contributed by atoms with van der Waals surface area (Å²) in [7, 11) is 0. The first-order valence-electron chi connectivity index (χ1n) is 17.2. The largest absolute Gasteiger partial charge is 0.208 e. The van der Waals surface area contributed by atoms with Crippen molar-refractivity contribution in [2.75, 3.05) is 0 Å². The third-order valence-electron chi connectivity index (χ3n) is 10.2. The second-order valence-corrected chi connectivity index (χ2v) is 14.3. The van der Waals surface area contributed by atoms with Gasteiger partial charge in [-0.3, -0.25) is 0 Å². The van der Waals surface area contributed by atoms with Crippen LogP contribution in [0.2, 0.25) is 0 Å². The molecule has 11 rings (SSSR count). The highest BCUT2D eigenvalue weighted by Gasteiger charge is 2.23. The summed E-state index contributed by atoms with van der Waals surface area (Å²) in [5, 5.41) is 14.5. The monoisotopic (exact) mass is 665 g/mol. The van der Waals surface area contributed by atoms with Crippen LogP contribution < -0.4 is 0 Å². The molecule has 2 aromatic heterocycles. The summed E-state index contributed by atoms with van der Waals surface area (Å²) in [5.41, 5.74) is 2.96. The predicted octanol–water partition coefficient (Wildman–Crippen LogP) is 13.0. The van der Waals surface area contributed by atoms with E-state index in [4.69, 9.17) is 15.0 Å². The Labute approximate surface area is 297 Å². The molecule has 9 aromatic carbocycles. The van der Waals surface area contributed by atoms with E-state index in [1.165, 1.54) is 68.6 Å². The van der Waals surface area contributed by atoms with Gasteiger partial charge in [-0.05, 0) is 72.7 Å². The summed E-state index contributed by atoms with van der Waals surface area (Å²) in [6.07, 6.45) is 0. The van der Waals surface area contributed by atoms with Crippen molar-refractivity contribution in [1.82, 2.24) is 15.0 Å². The Morgan fingerprint density at radius 2 is 0.863 bits per heavy atom. The first kappa shape index (κ1) is 28.4. The van der Waals surface area contributed by atoms with E-state index in [9.17, 15) is 0 Å². The van der Waals surface area contributed by atoms with Gasteiger partial charge in [0, 0.05) is 42.2 Å². The summed E-state index contributed by atoms with van der Waals surface area (Å²) in [5.74, 6) is 1.99. The van der Waals surface area contributed by atoms with E-state index in [1.54, 1.807) is 0 Å². The van der Waals surface area contributed by atoms with Crippen molar-refractivity contribution >= 4 is 85.4 Å². The summed E-state index contributed by atoms with van der Waals surface area (Å²) in [4.78, 5) is 16.0. The topological polar surface area (TPSA) is 38.7 Å². The second kappa shape index (κ2) is 11.0. The molecule has 0 aliphatic heterocycles. The number of hydrogen-bond donors (Lipinski definition) is 0. The molecule has 51 heavy (non-hydrogen) atoms. The molecule has 0 aliphatic rings. The smallest absolute Gasteiger partial charge is 0.165 e. The summed E-state index contributed by atoms with van der Waals surface area (Å²) in [6, 6.07) is 58.5. The number of benzene rings is 9. The molecule has 0 spiro atoms. The van der Waals surface area contributed by atoms with Crippen LogP contribution in [0.25, 0.3) is 108 Å². The minimum Gasteiger partial charge on any atom is -0.208 e. The molecule has 0 saturated heterocycles. The van der Waals surface area contributed by atoms with Crippen LogP contribution in [0.4, 0.5) is 0 Å². The molecular weight excluding hydrogens is 639 g/mol. The lowest BCUT2D eigenvalue weighted by molar-refractivity contribution is 1.08. The van der Waals surface area contributed by atoms with Crippen molar-refractivity contribution in [3.05, 3.63) is 164 Å². The molecule has 0 aliphatic carbocycles. The molecule has 236 valence electrons. The highest BCUT2D eigenvalue weighted by Crippen LogP contribution is 2.48. The van der Waals surface area contributed by atoms with Crippen LogP contribution in [-0.2, 0) is 0 Å². The molecule has 0 amide bonds. The maximum Gasteiger partial charge on any atom is 0.165 e. The van der Waals surface area contributed by atoms with Crippen LogP contribution in [-0.4, -0.2) is 15.0 Å². The summed E-state index contributed by atoms with van der Waals surface area (Å²) < 4.78 is 2.47. The highest BCUT2D eigenvalue weighted by molar-refractivity contribution is 7.26. The van der Waals surface area contributed by atoms with Crippen LogP contribution in [0.1, 0.15) is 0 Å². The normalized spacial score (nSPS) is 11.9. The van der Waals surface area contributed by atoms with E-state index in [2.05, 4.69) is 146 Å². The van der Waals surface area contributed by atoms with E-state index >= 15 is 0 Å². The van der Waals surface area contributed by atoms with Crippen LogP contribution in [0.5, 0.6) is 0 Å². The van der Waals surface area contributed by atoms with Gasteiger partial charge in [0.2, 0.25) is 0 Å². The standard InChI is InChI=1S/C47H27N3S/c1-2-13-29(14-3-1)45-48-46(33-23-22-28-12-4-5-15-30(28)24-33)50-47(49-45)44-42-37-21-11-10-19-35(37)34-18-8-9-20-36(34)38(42)27-41-43(44)39-25-31-16-6-7-17-32(31)26-40(39)51-41/h1-27H. The van der Waals surface area contributed by atoms with Gasteiger partial charge in [0.05, 0.1) is 0 Å². The van der Waals surface area contributed by atoms with Crippen molar-refractivity contribution in [1.29, 1.82) is 0 Å². The van der Waals surface area contributed by atoms with E-state index in [-0.39, 0.29) is 0 Å². The minimum atomic E-state index is 0.656. The van der Waals surface area contributed by atoms with E-state index in [1.807, 2.05) is 29.5 Å². The first-order valence-corrected chi connectivity index (χ1v) is 18.0. The summed E-state index contributed by atoms with van der Waals surface area (Å²) >= 11 is 1.85. The lowest BCUT2D eigenvalue weighted by Crippen LogP contribution is -2.01. The average molecular weight is 666 g/mol. The fourth-order valence-corrected chi connectivity index (χ4v) is 9.07. The maximum absolute atomic E-state index is 5.42. The zero-order valence-electron chi connectivity index (χ0n) is 27.3. The van der Waals surface area contributed by atoms with Gasteiger partial charge >= 0.3 is 0 Å². The second-order valence-electron chi connectivity index (χ2n) is 13.2. The molecule has 0 atom stereocenters. The Morgan fingerprint density at radius 1 is 0.314 bits per heavy atom. The van der Waals surface area contributed by atoms with E-state index < -0.39 is 0 Å². The number of aromatic nitrogens is 3. The molecule has 0 N–H and O–H groups in total. The summed E-state index contributed by atoms with van der Waals surface area (Å²) in [6.45, 7) is 0. The fraction of sp³-hybridized carbons (Fsp3) is 0. The maximum atomic E-state index is 5.42. The van der Waals surface area contributed by atoms with Gasteiger partial charge in [-0.1, -0.05) is 140 Å². The Morgan fingerprint density at radius 3 is 1.61 bits per heavy atom. The first-order chi connectivity index (χ1) is 25.3. The number of fused-ring (bicyclic) bond motifs is 11. The molecule has 0 fully saturated rings. The highest BCUT2D eigenvalue weighted by atomic mass is 32.1. The quantitative estimate of drug-likeness (QED) is 0.176. The molecule has 0 saturated carbocycles. The molecule has 11 aromatic rings. The van der Waals surface area contributed by atoms with Gasteiger partial charge in [0.25, 0.3) is 0 Å². The van der Waals surface area contributed by atoms with Crippen LogP contribution >= 0.6 is 11.3 Å². The third-order valence-corrected chi connectivity index (χ3v) is 11.3. The average Bonchev–Trinajstić information content (AvgIpc) is 3.56. The predicted molar refractivity (Wildman–Crippen MR) is 217 cm³/mol. The fourth-order valence-electron chi connectivity index (χ4n) is 7.89. The Bertz CT molecular complexity index is 3200. The van der Waals surface area contributed by atoms with E-state index in [0.717, 1.165) is 22.1 Å². The number of thiophene rings is 1. The van der Waals surface area contributed by atoms with Gasteiger partial charge in [-0.15, -0.1) is 11.3 Å². The molecule has 3 nitrogen and oxygen atoms in total. The van der Waals surface area contributed by atoms with Gasteiger partial charge in [0.15, 0.2) is 17.5 Å². The zero-order valence-corrected chi connectivity index (χ0v) is 28.2. The number of rotatable bonds is 3. The third kappa shape index (κ3) is 4.40. The van der Waals surface area contributed by atoms with Gasteiger partial charge in [0.1, 0.15) is 0 Å². The molecule has 4 heteroatoms. The van der Waals surface area contributed by atoms with Gasteiger partial charge in [-0.25, -0.2) is 15.0 Å². The van der Waals surface area contributed by atoms with Crippen LogP contribution in [0.15, 0.2) is 164 Å². The van der Waals surface area contributed by atoms with Gasteiger partial charge in [-0.2, -0.15) is 0 Å². The van der Waals surface area contributed by atoms with Crippen molar-refractivity contribution < 1.29 is 0 Å². The molecule has 2 heterocycles. The van der Waals surface area contributed by atoms with E-state index in [0.29, 0.717) is 17.5 Å². The van der Waals surface area contributed by atoms with Crippen LogP contribution in [0.3, 0.4) is 0 Å². The molecule has 0 radical (unpaired) electrons. The number of hydrogen-bond acceptors (Lipinski definition) is 4. The Balaban J connectivity index is 1.35. The Hall–Kier alpha value is -6.49.